The van der Waals surface area contributed by atoms with Gasteiger partial charge in [-0.15, -0.1) is 0 Å². The quantitative estimate of drug-likeness (QED) is 0.368. The molecule has 0 spiro atoms. The van der Waals surface area contributed by atoms with Gasteiger partial charge in [-0.25, -0.2) is 4.79 Å². The van der Waals surface area contributed by atoms with E-state index in [1.807, 2.05) is 37.3 Å². The Morgan fingerprint density at radius 3 is 2.57 bits per heavy atom. The van der Waals surface area contributed by atoms with Crippen LogP contribution < -0.4 is 21.1 Å². The molecule has 192 valence electrons. The molecule has 0 atom stereocenters. The Labute approximate surface area is 213 Å². The molecule has 3 N–H and O–H groups in total. The molecule has 0 aliphatic heterocycles. The number of benzene rings is 2. The summed E-state index contributed by atoms with van der Waals surface area (Å²) in [6.07, 6.45) is 4.31. The summed E-state index contributed by atoms with van der Waals surface area (Å²) in [6.45, 7) is 1.95. The van der Waals surface area contributed by atoms with Crippen LogP contribution in [-0.2, 0) is 11.8 Å². The van der Waals surface area contributed by atoms with Crippen LogP contribution in [0.15, 0.2) is 53.5 Å². The van der Waals surface area contributed by atoms with Crippen molar-refractivity contribution in [2.24, 2.45) is 13.0 Å². The molecule has 0 bridgehead atoms. The molecule has 2 aromatic heterocycles. The van der Waals surface area contributed by atoms with Crippen molar-refractivity contribution in [1.29, 1.82) is 0 Å². The molecule has 1 aliphatic rings. The molecule has 2 heterocycles. The van der Waals surface area contributed by atoms with Crippen molar-refractivity contribution in [1.82, 2.24) is 19.3 Å². The summed E-state index contributed by atoms with van der Waals surface area (Å²) in [5, 5.41) is 9.92. The highest BCUT2D eigenvalue weighted by Crippen LogP contribution is 2.35. The minimum absolute atomic E-state index is 0.0178. The van der Waals surface area contributed by atoms with Crippen LogP contribution in [0.5, 0.6) is 5.75 Å². The summed E-state index contributed by atoms with van der Waals surface area (Å²) in [6, 6.07) is 12.7. The molecule has 10 heteroatoms. The average Bonchev–Trinajstić information content (AvgIpc) is 3.48. The Balaban J connectivity index is 1.29. The molecule has 0 saturated heterocycles. The van der Waals surface area contributed by atoms with Crippen LogP contribution in [-0.4, -0.2) is 38.3 Å². The van der Waals surface area contributed by atoms with Gasteiger partial charge in [0.05, 0.1) is 23.8 Å². The lowest BCUT2D eigenvalue weighted by Crippen LogP contribution is -2.31. The molecule has 37 heavy (non-hydrogen) atoms. The zero-order valence-corrected chi connectivity index (χ0v) is 21.1. The zero-order valence-electron chi connectivity index (χ0n) is 21.1. The summed E-state index contributed by atoms with van der Waals surface area (Å²) in [5.74, 6) is 0.281. The second-order valence-corrected chi connectivity index (χ2v) is 9.47. The number of rotatable bonds is 6. The van der Waals surface area contributed by atoms with Crippen molar-refractivity contribution in [3.63, 3.8) is 0 Å². The van der Waals surface area contributed by atoms with Crippen LogP contribution in [0, 0.1) is 12.8 Å². The number of aryl methyl sites for hydroxylation is 2. The maximum Gasteiger partial charge on any atom is 0.326 e. The normalized spacial score (nSPS) is 17.5. The molecule has 5 rings (SSSR count). The number of hydrogen-bond donors (Lipinski definition) is 3. The van der Waals surface area contributed by atoms with E-state index in [9.17, 15) is 14.4 Å². The van der Waals surface area contributed by atoms with Crippen molar-refractivity contribution in [2.75, 3.05) is 17.7 Å². The molecule has 4 aromatic rings. The standard InChI is InChI=1S/C27H30N6O4/c1-16-7-10-18(15-23(16)37-3)29-25(34)17-8-11-19(12-9-17)33-21-6-4-5-20(24(21)31-27(33)36)30-26(35)22-13-14-28-32(22)2/h4-7,10,13-15,17,19H,8-9,11-12H2,1-3H3,(H,29,34)(H,30,35)(H,31,36). The Hall–Kier alpha value is -4.34. The third-order valence-corrected chi connectivity index (χ3v) is 7.16. The number of carbonyl (C=O) groups is 2. The van der Waals surface area contributed by atoms with Gasteiger partial charge in [0, 0.05) is 37.0 Å². The SMILES string of the molecule is COc1cc(NC(=O)C2CCC(n3c(=O)[nH]c4c(NC(=O)c5ccnn5C)cccc43)CC2)ccc1C. The molecule has 0 unspecified atom stereocenters. The van der Waals surface area contributed by atoms with Gasteiger partial charge in [0.25, 0.3) is 5.91 Å². The van der Waals surface area contributed by atoms with Crippen molar-refractivity contribution >= 4 is 34.2 Å². The van der Waals surface area contributed by atoms with Crippen LogP contribution in [0.25, 0.3) is 11.0 Å². The van der Waals surface area contributed by atoms with E-state index in [1.54, 1.807) is 37.1 Å². The summed E-state index contributed by atoms with van der Waals surface area (Å²) in [5.41, 5.74) is 3.74. The lowest BCUT2D eigenvalue weighted by molar-refractivity contribution is -0.121. The highest BCUT2D eigenvalue weighted by Gasteiger charge is 2.29. The van der Waals surface area contributed by atoms with E-state index in [0.29, 0.717) is 48.3 Å². The molecule has 1 saturated carbocycles. The van der Waals surface area contributed by atoms with E-state index in [2.05, 4.69) is 20.7 Å². The van der Waals surface area contributed by atoms with Crippen molar-refractivity contribution in [3.8, 4) is 5.75 Å². The molecular formula is C27H30N6O4. The van der Waals surface area contributed by atoms with Gasteiger partial charge in [0.1, 0.15) is 11.4 Å². The van der Waals surface area contributed by atoms with Crippen molar-refractivity contribution in [2.45, 2.75) is 38.6 Å². The fourth-order valence-corrected chi connectivity index (χ4v) is 5.14. The van der Waals surface area contributed by atoms with Gasteiger partial charge in [-0.3, -0.25) is 18.8 Å². The van der Waals surface area contributed by atoms with Gasteiger partial charge in [-0.1, -0.05) is 12.1 Å². The second kappa shape index (κ2) is 9.96. The van der Waals surface area contributed by atoms with E-state index < -0.39 is 0 Å². The number of H-pyrrole nitrogens is 1. The number of nitrogens with one attached hydrogen (secondary N) is 3. The molecule has 10 nitrogen and oxygen atoms in total. The third kappa shape index (κ3) is 4.74. The minimum Gasteiger partial charge on any atom is -0.496 e. The van der Waals surface area contributed by atoms with E-state index in [-0.39, 0.29) is 29.5 Å². The number of nitrogens with zero attached hydrogens (tertiary/aromatic N) is 3. The number of ether oxygens (including phenoxy) is 1. The van der Waals surface area contributed by atoms with Crippen LogP contribution in [0.3, 0.4) is 0 Å². The predicted molar refractivity (Wildman–Crippen MR) is 141 cm³/mol. The maximum absolute atomic E-state index is 13.0. The number of carbonyl (C=O) groups excluding carboxylic acids is 2. The average molecular weight is 503 g/mol. The van der Waals surface area contributed by atoms with Gasteiger partial charge in [0.15, 0.2) is 0 Å². The van der Waals surface area contributed by atoms with Crippen LogP contribution >= 0.6 is 0 Å². The largest absolute Gasteiger partial charge is 0.496 e. The third-order valence-electron chi connectivity index (χ3n) is 7.16. The Kier molecular flexibility index (Phi) is 6.56. The van der Waals surface area contributed by atoms with Crippen molar-refractivity contribution < 1.29 is 14.3 Å². The number of aromatic nitrogens is 4. The number of hydrogen-bond acceptors (Lipinski definition) is 5. The fourth-order valence-electron chi connectivity index (χ4n) is 5.14. The topological polar surface area (TPSA) is 123 Å². The Morgan fingerprint density at radius 1 is 1.08 bits per heavy atom. The molecule has 1 fully saturated rings. The highest BCUT2D eigenvalue weighted by molar-refractivity contribution is 6.07. The first-order valence-electron chi connectivity index (χ1n) is 12.3. The number of anilines is 2. The first-order chi connectivity index (χ1) is 17.9. The van der Waals surface area contributed by atoms with E-state index in [1.165, 1.54) is 4.68 Å². The van der Waals surface area contributed by atoms with Gasteiger partial charge < -0.3 is 20.4 Å². The maximum atomic E-state index is 13.0. The molecule has 2 amide bonds. The number of aromatic amines is 1. The summed E-state index contributed by atoms with van der Waals surface area (Å²) in [4.78, 5) is 41.5. The fraction of sp³-hybridized carbons (Fsp3) is 0.333. The Morgan fingerprint density at radius 2 is 1.86 bits per heavy atom. The summed E-state index contributed by atoms with van der Waals surface area (Å²) < 4.78 is 8.61. The van der Waals surface area contributed by atoms with Gasteiger partial charge in [-0.05, 0) is 62.4 Å². The highest BCUT2D eigenvalue weighted by atomic mass is 16.5. The minimum atomic E-state index is -0.307. The summed E-state index contributed by atoms with van der Waals surface area (Å²) in [7, 11) is 3.31. The number of imidazole rings is 1. The first kappa shape index (κ1) is 24.4. The molecule has 2 aromatic carbocycles. The van der Waals surface area contributed by atoms with E-state index >= 15 is 0 Å². The molecular weight excluding hydrogens is 472 g/mol. The van der Waals surface area contributed by atoms with Gasteiger partial charge >= 0.3 is 5.69 Å². The van der Waals surface area contributed by atoms with Crippen LogP contribution in [0.2, 0.25) is 0 Å². The zero-order chi connectivity index (χ0) is 26.1. The van der Waals surface area contributed by atoms with Crippen molar-refractivity contribution in [3.05, 3.63) is 70.4 Å². The Bertz CT molecular complexity index is 1520. The number of para-hydroxylation sites is 1. The van der Waals surface area contributed by atoms with Gasteiger partial charge in [0.2, 0.25) is 5.91 Å². The lowest BCUT2D eigenvalue weighted by atomic mass is 9.85. The predicted octanol–water partition coefficient (Wildman–Crippen LogP) is 4.00. The van der Waals surface area contributed by atoms with Gasteiger partial charge in [-0.2, -0.15) is 5.10 Å². The monoisotopic (exact) mass is 502 g/mol. The smallest absolute Gasteiger partial charge is 0.326 e. The molecule has 1 aliphatic carbocycles. The van der Waals surface area contributed by atoms with Crippen LogP contribution in [0.4, 0.5) is 11.4 Å². The number of amides is 2. The lowest BCUT2D eigenvalue weighted by Gasteiger charge is -2.28. The number of methoxy groups -OCH3 is 1. The second-order valence-electron chi connectivity index (χ2n) is 9.47. The summed E-state index contributed by atoms with van der Waals surface area (Å²) >= 11 is 0. The first-order valence-corrected chi connectivity index (χ1v) is 12.3. The molecule has 0 radical (unpaired) electrons. The van der Waals surface area contributed by atoms with Crippen LogP contribution in [0.1, 0.15) is 47.8 Å². The van der Waals surface area contributed by atoms with E-state index in [0.717, 1.165) is 16.8 Å². The van der Waals surface area contributed by atoms with E-state index in [4.69, 9.17) is 4.74 Å². The number of fused-ring (bicyclic) bond motifs is 1.